The molecule has 1 unspecified atom stereocenters. The number of ether oxygens (including phenoxy) is 1. The monoisotopic (exact) mass is 284 g/mol. The van der Waals surface area contributed by atoms with Gasteiger partial charge in [0, 0.05) is 24.6 Å². The average Bonchev–Trinajstić information content (AvgIpc) is 2.39. The van der Waals surface area contributed by atoms with Gasteiger partial charge in [0.15, 0.2) is 11.6 Å². The fourth-order valence-electron chi connectivity index (χ4n) is 1.86. The van der Waals surface area contributed by atoms with E-state index in [2.05, 4.69) is 4.90 Å². The first-order chi connectivity index (χ1) is 8.99. The molecule has 1 rings (SSSR count). The molecule has 3 nitrogen and oxygen atoms in total. The predicted molar refractivity (Wildman–Crippen MR) is 79.9 cm³/mol. The molecule has 0 aliphatic carbocycles. The second-order valence-corrected chi connectivity index (χ2v) is 5.04. The van der Waals surface area contributed by atoms with Crippen LogP contribution in [0.4, 0.5) is 4.39 Å². The Bertz CT molecular complexity index is 439. The lowest BCUT2D eigenvalue weighted by Gasteiger charge is -2.24. The van der Waals surface area contributed by atoms with Gasteiger partial charge in [-0.15, -0.1) is 0 Å². The largest absolute Gasteiger partial charge is 0.494 e. The number of benzene rings is 1. The van der Waals surface area contributed by atoms with E-state index in [0.29, 0.717) is 17.1 Å². The lowest BCUT2D eigenvalue weighted by Crippen LogP contribution is -2.33. The van der Waals surface area contributed by atoms with Crippen LogP contribution in [0.5, 0.6) is 5.75 Å². The maximum absolute atomic E-state index is 14.1. The lowest BCUT2D eigenvalue weighted by molar-refractivity contribution is 0.259. The van der Waals surface area contributed by atoms with Crippen LogP contribution in [0.1, 0.15) is 19.4 Å². The second-order valence-electron chi connectivity index (χ2n) is 4.56. The second kappa shape index (κ2) is 7.40. The molecule has 1 atom stereocenters. The molecule has 0 aromatic heterocycles. The molecule has 0 saturated heterocycles. The molecule has 0 amide bonds. The van der Waals surface area contributed by atoms with E-state index in [1.807, 2.05) is 13.8 Å². The third-order valence-corrected chi connectivity index (χ3v) is 3.52. The number of rotatable bonds is 7. The third kappa shape index (κ3) is 4.44. The lowest BCUT2D eigenvalue weighted by atomic mass is 10.1. The van der Waals surface area contributed by atoms with E-state index in [4.69, 9.17) is 22.7 Å². The number of methoxy groups -OCH3 is 1. The van der Waals surface area contributed by atoms with Crippen LogP contribution < -0.4 is 10.5 Å². The molecule has 0 heterocycles. The van der Waals surface area contributed by atoms with Crippen molar-refractivity contribution in [3.05, 3.63) is 29.6 Å². The Balaban J connectivity index is 2.78. The van der Waals surface area contributed by atoms with Crippen molar-refractivity contribution in [3.63, 3.8) is 0 Å². The summed E-state index contributed by atoms with van der Waals surface area (Å²) in [7, 11) is 1.47. The molecule has 5 heteroatoms. The van der Waals surface area contributed by atoms with Crippen molar-refractivity contribution in [3.8, 4) is 5.75 Å². The summed E-state index contributed by atoms with van der Waals surface area (Å²) in [5.74, 6) is 0.0889. The molecule has 1 aromatic rings. The van der Waals surface area contributed by atoms with Crippen molar-refractivity contribution >= 4 is 17.2 Å². The zero-order valence-electron chi connectivity index (χ0n) is 11.6. The zero-order chi connectivity index (χ0) is 14.4. The number of nitrogens with two attached hydrogens (primary N) is 1. The summed E-state index contributed by atoms with van der Waals surface area (Å²) in [6.07, 6.45) is 0. The Hall–Kier alpha value is -1.20. The number of halogens is 1. The number of hydrogen-bond acceptors (Lipinski definition) is 3. The molecular formula is C14H21FN2OS. The first-order valence-corrected chi connectivity index (χ1v) is 6.73. The molecule has 0 bridgehead atoms. The fourth-order valence-corrected chi connectivity index (χ4v) is 1.93. The van der Waals surface area contributed by atoms with Gasteiger partial charge in [0.25, 0.3) is 0 Å². The van der Waals surface area contributed by atoms with Crippen LogP contribution in [0.2, 0.25) is 0 Å². The summed E-state index contributed by atoms with van der Waals surface area (Å²) in [4.78, 5) is 2.60. The van der Waals surface area contributed by atoms with Gasteiger partial charge in [-0.05, 0) is 12.6 Å². The van der Waals surface area contributed by atoms with Gasteiger partial charge in [-0.1, -0.05) is 38.2 Å². The summed E-state index contributed by atoms with van der Waals surface area (Å²) in [5, 5.41) is 0. The van der Waals surface area contributed by atoms with Gasteiger partial charge in [-0.3, -0.25) is 4.90 Å². The van der Waals surface area contributed by atoms with Crippen LogP contribution in [-0.4, -0.2) is 30.1 Å². The van der Waals surface area contributed by atoms with E-state index in [1.165, 1.54) is 7.11 Å². The van der Waals surface area contributed by atoms with Gasteiger partial charge in [-0.2, -0.15) is 0 Å². The van der Waals surface area contributed by atoms with Crippen molar-refractivity contribution < 1.29 is 9.13 Å². The van der Waals surface area contributed by atoms with Gasteiger partial charge < -0.3 is 10.5 Å². The van der Waals surface area contributed by atoms with Gasteiger partial charge in [0.2, 0.25) is 0 Å². The summed E-state index contributed by atoms with van der Waals surface area (Å²) in [5.41, 5.74) is 6.24. The quantitative estimate of drug-likeness (QED) is 0.781. The van der Waals surface area contributed by atoms with Crippen LogP contribution in [-0.2, 0) is 6.54 Å². The van der Waals surface area contributed by atoms with Crippen molar-refractivity contribution in [2.24, 2.45) is 11.7 Å². The standard InChI is InChI=1S/C14H21FN2OS/c1-4-17(8-10(2)14(16)19)9-11-6-5-7-12(18-3)13(11)15/h5-7,10H,4,8-9H2,1-3H3,(H2,16,19). The molecule has 19 heavy (non-hydrogen) atoms. The Morgan fingerprint density at radius 1 is 1.53 bits per heavy atom. The molecule has 0 aliphatic heterocycles. The molecule has 106 valence electrons. The molecule has 1 aromatic carbocycles. The molecule has 0 saturated carbocycles. The van der Waals surface area contributed by atoms with E-state index in [-0.39, 0.29) is 17.5 Å². The van der Waals surface area contributed by atoms with Crippen molar-refractivity contribution in [1.29, 1.82) is 0 Å². The van der Waals surface area contributed by atoms with Crippen LogP contribution in [0.25, 0.3) is 0 Å². The van der Waals surface area contributed by atoms with Gasteiger partial charge in [0.1, 0.15) is 0 Å². The number of nitrogens with zero attached hydrogens (tertiary/aromatic N) is 1. The van der Waals surface area contributed by atoms with Crippen LogP contribution in [0.3, 0.4) is 0 Å². The highest BCUT2D eigenvalue weighted by Gasteiger charge is 2.15. The highest BCUT2D eigenvalue weighted by Crippen LogP contribution is 2.21. The Morgan fingerprint density at radius 3 is 2.74 bits per heavy atom. The first-order valence-electron chi connectivity index (χ1n) is 6.32. The van der Waals surface area contributed by atoms with Crippen molar-refractivity contribution in [2.75, 3.05) is 20.2 Å². The van der Waals surface area contributed by atoms with Gasteiger partial charge >= 0.3 is 0 Å². The highest BCUT2D eigenvalue weighted by atomic mass is 32.1. The van der Waals surface area contributed by atoms with Crippen LogP contribution in [0.15, 0.2) is 18.2 Å². The summed E-state index contributed by atoms with van der Waals surface area (Å²) < 4.78 is 19.0. The zero-order valence-corrected chi connectivity index (χ0v) is 12.5. The van der Waals surface area contributed by atoms with Crippen LogP contribution >= 0.6 is 12.2 Å². The van der Waals surface area contributed by atoms with E-state index in [0.717, 1.165) is 13.1 Å². The molecule has 0 spiro atoms. The van der Waals surface area contributed by atoms with Gasteiger partial charge in [-0.25, -0.2) is 4.39 Å². The topological polar surface area (TPSA) is 38.5 Å². The van der Waals surface area contributed by atoms with Crippen molar-refractivity contribution in [1.82, 2.24) is 4.90 Å². The minimum Gasteiger partial charge on any atom is -0.494 e. The summed E-state index contributed by atoms with van der Waals surface area (Å²) in [6.45, 7) is 6.07. The van der Waals surface area contributed by atoms with E-state index < -0.39 is 0 Å². The third-order valence-electron chi connectivity index (χ3n) is 3.12. The molecule has 0 radical (unpaired) electrons. The predicted octanol–water partition coefficient (Wildman–Crippen LogP) is 2.58. The smallest absolute Gasteiger partial charge is 0.169 e. The molecule has 0 fully saturated rings. The summed E-state index contributed by atoms with van der Waals surface area (Å²) >= 11 is 4.97. The van der Waals surface area contributed by atoms with E-state index in [1.54, 1.807) is 18.2 Å². The summed E-state index contributed by atoms with van der Waals surface area (Å²) in [6, 6.07) is 5.18. The van der Waals surface area contributed by atoms with E-state index in [9.17, 15) is 4.39 Å². The minimum absolute atomic E-state index is 0.114. The minimum atomic E-state index is -0.300. The van der Waals surface area contributed by atoms with Gasteiger partial charge in [0.05, 0.1) is 12.1 Å². The number of hydrogen-bond donors (Lipinski definition) is 1. The Kier molecular flexibility index (Phi) is 6.18. The first kappa shape index (κ1) is 15.9. The fraction of sp³-hybridized carbons (Fsp3) is 0.500. The Labute approximate surface area is 119 Å². The SMILES string of the molecule is CCN(Cc1cccc(OC)c1F)CC(C)C(N)=S. The normalized spacial score (nSPS) is 12.5. The molecular weight excluding hydrogens is 263 g/mol. The average molecular weight is 284 g/mol. The maximum Gasteiger partial charge on any atom is 0.169 e. The van der Waals surface area contributed by atoms with Crippen LogP contribution in [0, 0.1) is 11.7 Å². The van der Waals surface area contributed by atoms with Crippen molar-refractivity contribution in [2.45, 2.75) is 20.4 Å². The molecule has 0 aliphatic rings. The molecule has 2 N–H and O–H groups in total. The number of thiocarbonyl (C=S) groups is 1. The maximum atomic E-state index is 14.1. The van der Waals surface area contributed by atoms with E-state index >= 15 is 0 Å². The highest BCUT2D eigenvalue weighted by molar-refractivity contribution is 7.80. The Morgan fingerprint density at radius 2 is 2.21 bits per heavy atom.